The number of ether oxygens (including phenoxy) is 1. The molecule has 0 spiro atoms. The van der Waals surface area contributed by atoms with Crippen molar-refractivity contribution in [1.82, 2.24) is 4.98 Å². The Balaban J connectivity index is 2.02. The Morgan fingerprint density at radius 3 is 2.61 bits per heavy atom. The van der Waals surface area contributed by atoms with Crippen LogP contribution in [0.15, 0.2) is 41.8 Å². The van der Waals surface area contributed by atoms with E-state index >= 15 is 0 Å². The molecular formula is C16H14F3NO2S. The molecule has 0 bridgehead atoms. The largest absolute Gasteiger partial charge is 0.456 e. The van der Waals surface area contributed by atoms with E-state index < -0.39 is 17.7 Å². The number of hydrogen-bond acceptors (Lipinski definition) is 4. The summed E-state index contributed by atoms with van der Waals surface area (Å²) in [6, 6.07) is 4.79. The molecule has 7 heteroatoms. The van der Waals surface area contributed by atoms with Crippen molar-refractivity contribution in [2.45, 2.75) is 26.1 Å². The van der Waals surface area contributed by atoms with Gasteiger partial charge >= 0.3 is 12.1 Å². The number of halogens is 3. The number of rotatable bonds is 5. The van der Waals surface area contributed by atoms with Crippen LogP contribution >= 0.6 is 11.3 Å². The van der Waals surface area contributed by atoms with E-state index in [1.54, 1.807) is 11.5 Å². The van der Waals surface area contributed by atoms with Gasteiger partial charge < -0.3 is 4.74 Å². The maximum atomic E-state index is 12.5. The van der Waals surface area contributed by atoms with Crippen LogP contribution in [0.25, 0.3) is 10.6 Å². The van der Waals surface area contributed by atoms with Crippen molar-refractivity contribution in [2.24, 2.45) is 0 Å². The zero-order valence-electron chi connectivity index (χ0n) is 12.3. The number of aromatic nitrogens is 1. The van der Waals surface area contributed by atoms with Gasteiger partial charge in [0.1, 0.15) is 11.6 Å². The van der Waals surface area contributed by atoms with Crippen LogP contribution in [0.4, 0.5) is 13.2 Å². The van der Waals surface area contributed by atoms with Gasteiger partial charge in [-0.15, -0.1) is 11.3 Å². The van der Waals surface area contributed by atoms with Crippen LogP contribution in [-0.4, -0.2) is 11.0 Å². The Bertz CT molecular complexity index is 690. The second-order valence-corrected chi connectivity index (χ2v) is 5.50. The third-order valence-corrected chi connectivity index (χ3v) is 3.80. The molecule has 1 aromatic carbocycles. The molecule has 23 heavy (non-hydrogen) atoms. The molecular weight excluding hydrogens is 327 g/mol. The number of allylic oxidation sites excluding steroid dienone is 1. The summed E-state index contributed by atoms with van der Waals surface area (Å²) in [7, 11) is 0. The van der Waals surface area contributed by atoms with Crippen molar-refractivity contribution >= 4 is 17.3 Å². The van der Waals surface area contributed by atoms with E-state index in [1.165, 1.54) is 29.5 Å². The molecule has 0 unspecified atom stereocenters. The Morgan fingerprint density at radius 2 is 2.00 bits per heavy atom. The number of carbonyl (C=O) groups is 1. The second kappa shape index (κ2) is 7.41. The predicted molar refractivity (Wildman–Crippen MR) is 81.8 cm³/mol. The van der Waals surface area contributed by atoms with Crippen molar-refractivity contribution in [3.05, 3.63) is 53.1 Å². The lowest BCUT2D eigenvalue weighted by molar-refractivity contribution is -0.139. The van der Waals surface area contributed by atoms with Crippen LogP contribution in [0.2, 0.25) is 0 Å². The highest BCUT2D eigenvalue weighted by Gasteiger charge is 2.30. The molecule has 0 aliphatic heterocycles. The first kappa shape index (κ1) is 17.2. The van der Waals surface area contributed by atoms with Gasteiger partial charge in [0.05, 0.1) is 11.3 Å². The first-order chi connectivity index (χ1) is 10.9. The monoisotopic (exact) mass is 341 g/mol. The van der Waals surface area contributed by atoms with Crippen LogP contribution < -0.4 is 0 Å². The third-order valence-electron chi connectivity index (χ3n) is 2.86. The van der Waals surface area contributed by atoms with Gasteiger partial charge in [-0.25, -0.2) is 9.78 Å². The van der Waals surface area contributed by atoms with Gasteiger partial charge in [-0.05, 0) is 18.6 Å². The summed E-state index contributed by atoms with van der Waals surface area (Å²) < 4.78 is 42.6. The van der Waals surface area contributed by atoms with Gasteiger partial charge in [-0.3, -0.25) is 0 Å². The summed E-state index contributed by atoms with van der Waals surface area (Å²) in [4.78, 5) is 15.6. The van der Waals surface area contributed by atoms with Crippen LogP contribution in [0.1, 0.15) is 24.6 Å². The fourth-order valence-electron chi connectivity index (χ4n) is 1.71. The smallest absolute Gasteiger partial charge is 0.416 e. The Hall–Kier alpha value is -2.15. The Labute approximate surface area is 135 Å². The minimum absolute atomic E-state index is 0.0318. The van der Waals surface area contributed by atoms with Crippen molar-refractivity contribution < 1.29 is 22.7 Å². The average molecular weight is 341 g/mol. The molecule has 0 aliphatic carbocycles. The van der Waals surface area contributed by atoms with Gasteiger partial charge in [0.2, 0.25) is 0 Å². The van der Waals surface area contributed by atoms with Gasteiger partial charge in [0.25, 0.3) is 0 Å². The lowest BCUT2D eigenvalue weighted by Gasteiger charge is -2.06. The molecule has 0 radical (unpaired) electrons. The molecule has 0 fully saturated rings. The SMILES string of the molecule is CC/C=C/C(=O)OCc1csc(-c2ccc(C(F)(F)F)cc2)n1. The normalized spacial score (nSPS) is 11.8. The molecule has 0 saturated heterocycles. The minimum atomic E-state index is -4.35. The number of carbonyl (C=O) groups excluding carboxylic acids is 1. The molecule has 0 saturated carbocycles. The number of thiazole rings is 1. The summed E-state index contributed by atoms with van der Waals surface area (Å²) in [6.07, 6.45) is -0.573. The maximum Gasteiger partial charge on any atom is 0.416 e. The van der Waals surface area contributed by atoms with E-state index in [0.29, 0.717) is 16.3 Å². The molecule has 0 atom stereocenters. The summed E-state index contributed by atoms with van der Waals surface area (Å²) in [5.74, 6) is -0.448. The summed E-state index contributed by atoms with van der Waals surface area (Å²) in [5.41, 5.74) is 0.448. The van der Waals surface area contributed by atoms with E-state index in [4.69, 9.17) is 4.74 Å². The number of alkyl halides is 3. The standard InChI is InChI=1S/C16H14F3NO2S/c1-2-3-4-14(21)22-9-13-10-23-15(20-13)11-5-7-12(8-6-11)16(17,18)19/h3-8,10H,2,9H2,1H3/b4-3+. The van der Waals surface area contributed by atoms with Crippen molar-refractivity contribution in [3.63, 3.8) is 0 Å². The maximum absolute atomic E-state index is 12.5. The van der Waals surface area contributed by atoms with Crippen LogP contribution in [0, 0.1) is 0 Å². The van der Waals surface area contributed by atoms with E-state index in [9.17, 15) is 18.0 Å². The first-order valence-corrected chi connectivity index (χ1v) is 7.73. The van der Waals surface area contributed by atoms with E-state index in [0.717, 1.165) is 18.6 Å². The Kier molecular flexibility index (Phi) is 5.54. The highest BCUT2D eigenvalue weighted by Crippen LogP contribution is 2.31. The lowest BCUT2D eigenvalue weighted by Crippen LogP contribution is -2.04. The highest BCUT2D eigenvalue weighted by atomic mass is 32.1. The Morgan fingerprint density at radius 1 is 1.30 bits per heavy atom. The van der Waals surface area contributed by atoms with Gasteiger partial charge in [0.15, 0.2) is 0 Å². The lowest BCUT2D eigenvalue weighted by atomic mass is 10.1. The molecule has 0 aliphatic rings. The van der Waals surface area contributed by atoms with Crippen LogP contribution in [0.3, 0.4) is 0 Å². The van der Waals surface area contributed by atoms with Crippen LogP contribution in [-0.2, 0) is 22.3 Å². The van der Waals surface area contributed by atoms with Crippen molar-refractivity contribution in [1.29, 1.82) is 0 Å². The van der Waals surface area contributed by atoms with Gasteiger partial charge in [-0.1, -0.05) is 25.1 Å². The topological polar surface area (TPSA) is 39.2 Å². The fraction of sp³-hybridized carbons (Fsp3) is 0.250. The molecule has 2 aromatic rings. The third kappa shape index (κ3) is 4.92. The first-order valence-electron chi connectivity index (χ1n) is 6.85. The number of hydrogen-bond donors (Lipinski definition) is 0. The summed E-state index contributed by atoms with van der Waals surface area (Å²) >= 11 is 1.28. The van der Waals surface area contributed by atoms with Crippen molar-refractivity contribution in [2.75, 3.05) is 0 Å². The highest BCUT2D eigenvalue weighted by molar-refractivity contribution is 7.13. The van der Waals surface area contributed by atoms with Crippen LogP contribution in [0.5, 0.6) is 0 Å². The minimum Gasteiger partial charge on any atom is -0.456 e. The summed E-state index contributed by atoms with van der Waals surface area (Å²) in [5, 5.41) is 2.29. The molecule has 3 nitrogen and oxygen atoms in total. The van der Waals surface area contributed by atoms with E-state index in [1.807, 2.05) is 6.92 Å². The van der Waals surface area contributed by atoms with E-state index in [-0.39, 0.29) is 6.61 Å². The van der Waals surface area contributed by atoms with Crippen molar-refractivity contribution in [3.8, 4) is 10.6 Å². The molecule has 0 N–H and O–H groups in total. The average Bonchev–Trinajstić information content (AvgIpc) is 2.99. The summed E-state index contributed by atoms with van der Waals surface area (Å²) in [6.45, 7) is 1.94. The quantitative estimate of drug-likeness (QED) is 0.577. The fourth-order valence-corrected chi connectivity index (χ4v) is 2.53. The zero-order valence-corrected chi connectivity index (χ0v) is 13.1. The number of nitrogens with zero attached hydrogens (tertiary/aromatic N) is 1. The molecule has 1 aromatic heterocycles. The van der Waals surface area contributed by atoms with E-state index in [2.05, 4.69) is 4.98 Å². The number of benzene rings is 1. The second-order valence-electron chi connectivity index (χ2n) is 4.64. The zero-order chi connectivity index (χ0) is 16.9. The van der Waals surface area contributed by atoms with Gasteiger partial charge in [-0.2, -0.15) is 13.2 Å². The molecule has 122 valence electrons. The van der Waals surface area contributed by atoms with Gasteiger partial charge in [0, 0.05) is 17.0 Å². The molecule has 1 heterocycles. The molecule has 2 rings (SSSR count). The number of esters is 1. The molecule has 0 amide bonds. The predicted octanol–water partition coefficient (Wildman–Crippen LogP) is 4.84.